The van der Waals surface area contributed by atoms with Gasteiger partial charge in [-0.1, -0.05) is 13.8 Å². The second-order valence-electron chi connectivity index (χ2n) is 6.03. The number of fused-ring (bicyclic) bond motifs is 1. The summed E-state index contributed by atoms with van der Waals surface area (Å²) in [4.78, 5) is 29.9. The molecule has 0 fully saturated rings. The van der Waals surface area contributed by atoms with Gasteiger partial charge in [-0.25, -0.2) is 9.78 Å². The number of imidazole rings is 1. The van der Waals surface area contributed by atoms with Gasteiger partial charge in [0.25, 0.3) is 5.56 Å². The van der Waals surface area contributed by atoms with E-state index >= 15 is 0 Å². The SMILES string of the molecule is CCn1c(=O)c2c(nc(C(C)C)n2CCN)n(C(C)C)c1=O. The Morgan fingerprint density at radius 1 is 1.14 bits per heavy atom. The highest BCUT2D eigenvalue weighted by molar-refractivity contribution is 5.71. The van der Waals surface area contributed by atoms with Gasteiger partial charge in [-0.3, -0.25) is 13.9 Å². The normalized spacial score (nSPS) is 12.0. The molecule has 0 unspecified atom stereocenters. The van der Waals surface area contributed by atoms with Crippen LogP contribution in [0, 0.1) is 0 Å². The van der Waals surface area contributed by atoms with E-state index < -0.39 is 0 Å². The lowest BCUT2D eigenvalue weighted by Gasteiger charge is -2.14. The molecule has 0 saturated carbocycles. The summed E-state index contributed by atoms with van der Waals surface area (Å²) >= 11 is 0. The lowest BCUT2D eigenvalue weighted by Crippen LogP contribution is -2.41. The molecule has 0 aliphatic rings. The molecule has 7 heteroatoms. The van der Waals surface area contributed by atoms with Crippen molar-refractivity contribution >= 4 is 11.2 Å². The molecule has 0 aliphatic heterocycles. The summed E-state index contributed by atoms with van der Waals surface area (Å²) in [5.74, 6) is 0.935. The molecule has 0 atom stereocenters. The summed E-state index contributed by atoms with van der Waals surface area (Å²) in [5, 5.41) is 0. The van der Waals surface area contributed by atoms with E-state index in [0.717, 1.165) is 5.82 Å². The molecule has 2 heterocycles. The first-order valence-electron chi connectivity index (χ1n) is 7.80. The van der Waals surface area contributed by atoms with Crippen molar-refractivity contribution in [1.82, 2.24) is 18.7 Å². The minimum atomic E-state index is -0.303. The molecule has 122 valence electrons. The molecular formula is C15H25N5O2. The topological polar surface area (TPSA) is 87.8 Å². The molecule has 2 N–H and O–H groups in total. The first-order valence-corrected chi connectivity index (χ1v) is 7.80. The molecule has 2 aromatic heterocycles. The predicted octanol–water partition coefficient (Wildman–Crippen LogP) is 1.04. The van der Waals surface area contributed by atoms with Crippen LogP contribution in [0.15, 0.2) is 9.59 Å². The Morgan fingerprint density at radius 2 is 1.77 bits per heavy atom. The Morgan fingerprint density at radius 3 is 2.23 bits per heavy atom. The smallest absolute Gasteiger partial charge is 0.329 e. The zero-order valence-electron chi connectivity index (χ0n) is 14.0. The molecule has 0 amide bonds. The predicted molar refractivity (Wildman–Crippen MR) is 87.5 cm³/mol. The number of hydrogen-bond acceptors (Lipinski definition) is 4. The summed E-state index contributed by atoms with van der Waals surface area (Å²) in [7, 11) is 0. The number of nitrogens with zero attached hydrogens (tertiary/aromatic N) is 4. The van der Waals surface area contributed by atoms with E-state index in [1.807, 2.05) is 32.3 Å². The number of aromatic nitrogens is 4. The molecule has 0 saturated heterocycles. The van der Waals surface area contributed by atoms with Crippen molar-refractivity contribution < 1.29 is 0 Å². The van der Waals surface area contributed by atoms with Gasteiger partial charge in [0.1, 0.15) is 5.82 Å². The van der Waals surface area contributed by atoms with Gasteiger partial charge in [-0.2, -0.15) is 0 Å². The highest BCUT2D eigenvalue weighted by Gasteiger charge is 2.22. The van der Waals surface area contributed by atoms with Crippen LogP contribution in [-0.4, -0.2) is 25.2 Å². The van der Waals surface area contributed by atoms with Crippen LogP contribution in [-0.2, 0) is 13.1 Å². The fourth-order valence-electron chi connectivity index (χ4n) is 2.81. The Balaban J connectivity index is 3.06. The maximum Gasteiger partial charge on any atom is 0.332 e. The lowest BCUT2D eigenvalue weighted by molar-refractivity contribution is 0.532. The molecule has 2 rings (SSSR count). The van der Waals surface area contributed by atoms with Gasteiger partial charge < -0.3 is 10.3 Å². The van der Waals surface area contributed by atoms with E-state index in [4.69, 9.17) is 5.73 Å². The average molecular weight is 307 g/mol. The molecule has 0 radical (unpaired) electrons. The van der Waals surface area contributed by atoms with Crippen LogP contribution in [0.3, 0.4) is 0 Å². The third kappa shape index (κ3) is 2.39. The molecule has 0 spiro atoms. The third-order valence-electron chi connectivity index (χ3n) is 3.79. The Hall–Kier alpha value is -1.89. The maximum absolute atomic E-state index is 12.7. The van der Waals surface area contributed by atoms with Crippen molar-refractivity contribution in [2.45, 2.75) is 59.7 Å². The molecule has 0 bridgehead atoms. The van der Waals surface area contributed by atoms with E-state index in [1.165, 1.54) is 4.57 Å². The van der Waals surface area contributed by atoms with E-state index in [2.05, 4.69) is 4.98 Å². The van der Waals surface area contributed by atoms with Crippen molar-refractivity contribution in [2.75, 3.05) is 6.54 Å². The molecule has 0 aliphatic carbocycles. The minimum Gasteiger partial charge on any atom is -0.329 e. The minimum absolute atomic E-state index is 0.0744. The standard InChI is InChI=1S/C15H25N5O2/c1-6-18-14(21)11-13(20(10(4)5)15(18)22)17-12(9(2)3)19(11)8-7-16/h9-10H,6-8,16H2,1-5H3. The van der Waals surface area contributed by atoms with Gasteiger partial charge in [0.15, 0.2) is 11.2 Å². The molecule has 22 heavy (non-hydrogen) atoms. The van der Waals surface area contributed by atoms with E-state index in [9.17, 15) is 9.59 Å². The second-order valence-corrected chi connectivity index (χ2v) is 6.03. The Labute approximate surface area is 129 Å². The summed E-state index contributed by atoms with van der Waals surface area (Å²) in [6, 6.07) is -0.0744. The van der Waals surface area contributed by atoms with E-state index in [-0.39, 0.29) is 23.2 Å². The van der Waals surface area contributed by atoms with Gasteiger partial charge in [-0.15, -0.1) is 0 Å². The van der Waals surface area contributed by atoms with Crippen molar-refractivity contribution in [3.05, 3.63) is 26.7 Å². The van der Waals surface area contributed by atoms with Crippen LogP contribution in [0.4, 0.5) is 0 Å². The summed E-state index contributed by atoms with van der Waals surface area (Å²) in [5.41, 5.74) is 6.06. The third-order valence-corrected chi connectivity index (χ3v) is 3.79. The first kappa shape index (κ1) is 16.5. The van der Waals surface area contributed by atoms with Crippen molar-refractivity contribution in [2.24, 2.45) is 5.73 Å². The Kier molecular flexibility index (Phi) is 4.55. The fraction of sp³-hybridized carbons (Fsp3) is 0.667. The van der Waals surface area contributed by atoms with Gasteiger partial charge in [0, 0.05) is 31.6 Å². The number of nitrogens with two attached hydrogens (primary N) is 1. The van der Waals surface area contributed by atoms with Crippen LogP contribution >= 0.6 is 0 Å². The molecular weight excluding hydrogens is 282 g/mol. The Bertz CT molecular complexity index is 795. The second kappa shape index (κ2) is 6.08. The van der Waals surface area contributed by atoms with Crippen molar-refractivity contribution in [1.29, 1.82) is 0 Å². The van der Waals surface area contributed by atoms with Crippen molar-refractivity contribution in [3.63, 3.8) is 0 Å². The fourth-order valence-corrected chi connectivity index (χ4v) is 2.81. The quantitative estimate of drug-likeness (QED) is 0.894. The van der Waals surface area contributed by atoms with Gasteiger partial charge in [0.05, 0.1) is 0 Å². The summed E-state index contributed by atoms with van der Waals surface area (Å²) in [6.45, 7) is 10.9. The van der Waals surface area contributed by atoms with Crippen molar-refractivity contribution in [3.8, 4) is 0 Å². The lowest BCUT2D eigenvalue weighted by atomic mass is 10.2. The number of rotatable bonds is 5. The first-order chi connectivity index (χ1) is 10.3. The average Bonchev–Trinajstić information content (AvgIpc) is 2.79. The molecule has 2 aromatic rings. The monoisotopic (exact) mass is 307 g/mol. The summed E-state index contributed by atoms with van der Waals surface area (Å²) < 4.78 is 4.73. The van der Waals surface area contributed by atoms with Gasteiger partial charge in [-0.05, 0) is 20.8 Å². The van der Waals surface area contributed by atoms with E-state index in [0.29, 0.717) is 30.8 Å². The van der Waals surface area contributed by atoms with Gasteiger partial charge >= 0.3 is 5.69 Å². The number of hydrogen-bond donors (Lipinski definition) is 1. The van der Waals surface area contributed by atoms with Crippen LogP contribution < -0.4 is 17.0 Å². The van der Waals surface area contributed by atoms with Crippen LogP contribution in [0.25, 0.3) is 11.2 Å². The zero-order chi connectivity index (χ0) is 16.6. The van der Waals surface area contributed by atoms with Gasteiger partial charge in [0.2, 0.25) is 0 Å². The zero-order valence-corrected chi connectivity index (χ0v) is 14.0. The largest absolute Gasteiger partial charge is 0.332 e. The maximum atomic E-state index is 12.7. The highest BCUT2D eigenvalue weighted by atomic mass is 16.2. The molecule has 0 aromatic carbocycles. The summed E-state index contributed by atoms with van der Waals surface area (Å²) in [6.07, 6.45) is 0. The van der Waals surface area contributed by atoms with E-state index in [1.54, 1.807) is 11.5 Å². The van der Waals surface area contributed by atoms with Crippen LogP contribution in [0.5, 0.6) is 0 Å². The van der Waals surface area contributed by atoms with Crippen LogP contribution in [0.1, 0.15) is 52.4 Å². The van der Waals surface area contributed by atoms with Crippen LogP contribution in [0.2, 0.25) is 0 Å². The molecule has 7 nitrogen and oxygen atoms in total. The highest BCUT2D eigenvalue weighted by Crippen LogP contribution is 2.20.